The van der Waals surface area contributed by atoms with Crippen LogP contribution in [0.5, 0.6) is 0 Å². The molecule has 0 aromatic rings. The average Bonchev–Trinajstić information content (AvgIpc) is 3.34. The lowest BCUT2D eigenvalue weighted by Crippen LogP contribution is -2.60. The molecule has 11 nitrogen and oxygen atoms in total. The van der Waals surface area contributed by atoms with E-state index < -0.39 is 49.5 Å². The number of aliphatic hydroxyl groups is 5. The van der Waals surface area contributed by atoms with Crippen LogP contribution in [-0.4, -0.2) is 100 Å². The Bertz CT molecular complexity index is 1290. The van der Waals surface area contributed by atoms with Crippen molar-refractivity contribution in [3.05, 3.63) is 48.6 Å². The molecular formula is C58H105NO10. The molecule has 0 bridgehead atoms. The first-order valence-corrected chi connectivity index (χ1v) is 28.4. The fourth-order valence-electron chi connectivity index (χ4n) is 8.56. The maximum atomic E-state index is 13.0. The first-order chi connectivity index (χ1) is 33.7. The zero-order chi connectivity index (χ0) is 50.3. The van der Waals surface area contributed by atoms with Crippen LogP contribution < -0.4 is 5.32 Å². The zero-order valence-corrected chi connectivity index (χ0v) is 44.0. The van der Waals surface area contributed by atoms with E-state index in [1.54, 1.807) is 6.08 Å². The van der Waals surface area contributed by atoms with Crippen molar-refractivity contribution >= 4 is 11.9 Å². The van der Waals surface area contributed by atoms with Crippen LogP contribution in [0.2, 0.25) is 0 Å². The van der Waals surface area contributed by atoms with Gasteiger partial charge >= 0.3 is 5.97 Å². The Morgan fingerprint density at radius 2 is 0.942 bits per heavy atom. The summed E-state index contributed by atoms with van der Waals surface area (Å²) in [6.07, 6.45) is 49.3. The molecule has 0 aliphatic carbocycles. The van der Waals surface area contributed by atoms with Gasteiger partial charge in [0.05, 0.1) is 32.0 Å². The summed E-state index contributed by atoms with van der Waals surface area (Å²) >= 11 is 0. The second-order valence-electron chi connectivity index (χ2n) is 19.6. The number of aliphatic hydroxyl groups excluding tert-OH is 5. The lowest BCUT2D eigenvalue weighted by Gasteiger charge is -2.40. The molecule has 0 radical (unpaired) electrons. The molecule has 1 aliphatic heterocycles. The number of carbonyl (C=O) groups excluding carboxylic acids is 2. The van der Waals surface area contributed by atoms with Crippen LogP contribution in [0.15, 0.2) is 48.6 Å². The summed E-state index contributed by atoms with van der Waals surface area (Å²) in [5.74, 6) is -0.224. The van der Waals surface area contributed by atoms with Gasteiger partial charge in [0.15, 0.2) is 6.29 Å². The molecule has 0 aromatic heterocycles. The molecule has 6 N–H and O–H groups in total. The van der Waals surface area contributed by atoms with Gasteiger partial charge in [0, 0.05) is 12.8 Å². The number of rotatable bonds is 48. The van der Waals surface area contributed by atoms with Gasteiger partial charge in [-0.1, -0.05) is 184 Å². The van der Waals surface area contributed by atoms with Crippen molar-refractivity contribution in [2.75, 3.05) is 19.8 Å². The monoisotopic (exact) mass is 976 g/mol. The fourth-order valence-corrected chi connectivity index (χ4v) is 8.56. The van der Waals surface area contributed by atoms with Crippen molar-refractivity contribution in [3.8, 4) is 0 Å². The topological polar surface area (TPSA) is 175 Å². The molecule has 0 spiro atoms. The quantitative estimate of drug-likeness (QED) is 0.0196. The van der Waals surface area contributed by atoms with Crippen LogP contribution >= 0.6 is 0 Å². The molecule has 11 heteroatoms. The Hall–Kier alpha value is -2.38. The van der Waals surface area contributed by atoms with E-state index in [1.165, 1.54) is 141 Å². The first-order valence-electron chi connectivity index (χ1n) is 28.4. The van der Waals surface area contributed by atoms with Gasteiger partial charge in [-0.05, 0) is 96.3 Å². The van der Waals surface area contributed by atoms with E-state index in [9.17, 15) is 35.1 Å². The van der Waals surface area contributed by atoms with Crippen molar-refractivity contribution in [2.45, 2.75) is 288 Å². The van der Waals surface area contributed by atoms with E-state index in [0.717, 1.165) is 77.0 Å². The molecule has 0 aromatic carbocycles. The summed E-state index contributed by atoms with van der Waals surface area (Å²) < 4.78 is 16.6. The number of hydrogen-bond acceptors (Lipinski definition) is 10. The number of amides is 1. The minimum absolute atomic E-state index is 0.0193. The molecule has 69 heavy (non-hydrogen) atoms. The lowest BCUT2D eigenvalue weighted by atomic mass is 9.99. The number of allylic oxidation sites excluding steroid dienone is 7. The Balaban J connectivity index is 2.06. The van der Waals surface area contributed by atoms with Crippen LogP contribution in [0, 0.1) is 0 Å². The first kappa shape index (κ1) is 64.6. The largest absolute Gasteiger partial charge is 0.466 e. The molecule has 1 fully saturated rings. The Kier molecular flexibility index (Phi) is 44.9. The third-order valence-electron chi connectivity index (χ3n) is 13.1. The predicted octanol–water partition coefficient (Wildman–Crippen LogP) is 12.5. The van der Waals surface area contributed by atoms with Gasteiger partial charge in [-0.25, -0.2) is 0 Å². The van der Waals surface area contributed by atoms with E-state index in [0.29, 0.717) is 19.4 Å². The van der Waals surface area contributed by atoms with E-state index >= 15 is 0 Å². The van der Waals surface area contributed by atoms with Gasteiger partial charge in [-0.3, -0.25) is 9.59 Å². The van der Waals surface area contributed by atoms with Gasteiger partial charge in [0.25, 0.3) is 0 Å². The van der Waals surface area contributed by atoms with Gasteiger partial charge in [0.2, 0.25) is 5.91 Å². The SMILES string of the molecule is CCCCC/C=C\CCCCCCCC(=O)OCCCCCCCCCCC/C=C\CCCCCCCCCC(=O)NC(COC1OC(CO)C(O)C(O)C1O)C(O)/C=C/CC/C=C/CCCCC. The molecule has 1 rings (SSSR count). The molecule has 0 saturated carbocycles. The molecule has 1 aliphatic rings. The summed E-state index contributed by atoms with van der Waals surface area (Å²) in [6, 6.07) is -0.833. The van der Waals surface area contributed by atoms with Crippen LogP contribution in [0.3, 0.4) is 0 Å². The number of esters is 1. The minimum atomic E-state index is -1.58. The number of hydrogen-bond donors (Lipinski definition) is 6. The predicted molar refractivity (Wildman–Crippen MR) is 283 cm³/mol. The molecule has 7 unspecified atom stereocenters. The van der Waals surface area contributed by atoms with Crippen molar-refractivity contribution in [1.82, 2.24) is 5.32 Å². The maximum Gasteiger partial charge on any atom is 0.305 e. The standard InChI is InChI=1S/C58H105NO10/c1-3-5-7-9-11-13-14-26-30-34-38-42-46-54(63)67-47-43-39-35-31-27-24-22-20-18-16-15-17-19-21-23-25-29-33-37-41-45-53(62)59-50(51(61)44-40-36-32-28-12-10-8-6-4-2)49-68-58-57(66)56(65)55(64)52(48-60)69-58/h11-13,15,17,28,40,44,50-52,55-58,60-61,64-66H,3-10,14,16,18-27,29-39,41-43,45-49H2,1-2H3,(H,59,62)/b13-11-,17-15-,28-12+,44-40+. The average molecular weight is 976 g/mol. The lowest BCUT2D eigenvalue weighted by molar-refractivity contribution is -0.302. The molecule has 7 atom stereocenters. The van der Waals surface area contributed by atoms with E-state index in [1.807, 2.05) is 6.08 Å². The summed E-state index contributed by atoms with van der Waals surface area (Å²) in [5.41, 5.74) is 0. The minimum Gasteiger partial charge on any atom is -0.466 e. The molecular weight excluding hydrogens is 871 g/mol. The Morgan fingerprint density at radius 1 is 0.522 bits per heavy atom. The van der Waals surface area contributed by atoms with Crippen molar-refractivity contribution in [1.29, 1.82) is 0 Å². The number of carbonyl (C=O) groups is 2. The fraction of sp³-hybridized carbons (Fsp3) is 0.828. The van der Waals surface area contributed by atoms with Crippen LogP contribution in [-0.2, 0) is 23.8 Å². The molecule has 402 valence electrons. The molecule has 1 heterocycles. The summed E-state index contributed by atoms with van der Waals surface area (Å²) in [7, 11) is 0. The normalized spacial score (nSPS) is 19.7. The van der Waals surface area contributed by atoms with Crippen molar-refractivity contribution < 1.29 is 49.3 Å². The second kappa shape index (κ2) is 47.9. The third-order valence-corrected chi connectivity index (χ3v) is 13.1. The summed E-state index contributed by atoms with van der Waals surface area (Å²) in [4.78, 5) is 25.0. The summed E-state index contributed by atoms with van der Waals surface area (Å²) in [5, 5.41) is 54.1. The Labute approximate surface area is 421 Å². The highest BCUT2D eigenvalue weighted by Crippen LogP contribution is 2.23. The molecule has 1 saturated heterocycles. The highest BCUT2D eigenvalue weighted by Gasteiger charge is 2.44. The zero-order valence-electron chi connectivity index (χ0n) is 44.0. The number of unbranched alkanes of at least 4 members (excludes halogenated alkanes) is 28. The number of nitrogens with one attached hydrogen (secondary N) is 1. The van der Waals surface area contributed by atoms with E-state index in [-0.39, 0.29) is 18.5 Å². The van der Waals surface area contributed by atoms with Crippen molar-refractivity contribution in [2.24, 2.45) is 0 Å². The van der Waals surface area contributed by atoms with Gasteiger partial charge in [-0.15, -0.1) is 0 Å². The third kappa shape index (κ3) is 38.0. The van der Waals surface area contributed by atoms with Gasteiger partial charge in [-0.2, -0.15) is 0 Å². The highest BCUT2D eigenvalue weighted by molar-refractivity contribution is 5.76. The van der Waals surface area contributed by atoms with Crippen LogP contribution in [0.4, 0.5) is 0 Å². The van der Waals surface area contributed by atoms with Crippen LogP contribution in [0.1, 0.15) is 245 Å². The summed E-state index contributed by atoms with van der Waals surface area (Å²) in [6.45, 7) is 4.22. The highest BCUT2D eigenvalue weighted by atomic mass is 16.7. The van der Waals surface area contributed by atoms with Gasteiger partial charge in [0.1, 0.15) is 24.4 Å². The number of ether oxygens (including phenoxy) is 3. The van der Waals surface area contributed by atoms with E-state index in [2.05, 4.69) is 55.6 Å². The smallest absolute Gasteiger partial charge is 0.305 e. The second-order valence-corrected chi connectivity index (χ2v) is 19.6. The van der Waals surface area contributed by atoms with Crippen LogP contribution in [0.25, 0.3) is 0 Å². The van der Waals surface area contributed by atoms with Gasteiger partial charge < -0.3 is 45.1 Å². The maximum absolute atomic E-state index is 13.0. The van der Waals surface area contributed by atoms with E-state index in [4.69, 9.17) is 14.2 Å². The molecule has 1 amide bonds. The Morgan fingerprint density at radius 3 is 1.43 bits per heavy atom. The van der Waals surface area contributed by atoms with Crippen molar-refractivity contribution in [3.63, 3.8) is 0 Å².